The highest BCUT2D eigenvalue weighted by molar-refractivity contribution is 7.17. The smallest absolute Gasteiger partial charge is 0.178 e. The van der Waals surface area contributed by atoms with Gasteiger partial charge in [0.15, 0.2) is 5.58 Å². The molecule has 0 saturated carbocycles. The van der Waals surface area contributed by atoms with Gasteiger partial charge in [-0.3, -0.25) is 4.98 Å². The maximum atomic E-state index is 10.6. The molecule has 0 aliphatic heterocycles. The van der Waals surface area contributed by atoms with Crippen molar-refractivity contribution in [1.29, 1.82) is 0 Å². The van der Waals surface area contributed by atoms with Crippen LogP contribution in [0.3, 0.4) is 0 Å². The fourth-order valence-electron chi connectivity index (χ4n) is 2.86. The molecule has 1 atom stereocenters. The van der Waals surface area contributed by atoms with Crippen LogP contribution in [0.15, 0.2) is 64.8 Å². The van der Waals surface area contributed by atoms with Gasteiger partial charge in [0.25, 0.3) is 0 Å². The Balaban J connectivity index is 1.36. The molecule has 0 spiro atoms. The van der Waals surface area contributed by atoms with Crippen molar-refractivity contribution in [2.75, 3.05) is 13.2 Å². The average Bonchev–Trinajstić information content (AvgIpc) is 3.31. The van der Waals surface area contributed by atoms with Crippen molar-refractivity contribution >= 4 is 21.6 Å². The zero-order valence-corrected chi connectivity index (χ0v) is 16.3. The molecule has 4 aromatic rings. The van der Waals surface area contributed by atoms with E-state index in [0.717, 1.165) is 27.1 Å². The summed E-state index contributed by atoms with van der Waals surface area (Å²) < 4.78 is 12.2. The summed E-state index contributed by atoms with van der Waals surface area (Å²) in [4.78, 5) is 4.08. The number of aliphatic hydroxyl groups is 1. The summed E-state index contributed by atoms with van der Waals surface area (Å²) in [5.74, 6) is 0.678. The Bertz CT molecular complexity index is 1040. The van der Waals surface area contributed by atoms with Crippen molar-refractivity contribution < 1.29 is 14.4 Å². The van der Waals surface area contributed by atoms with E-state index >= 15 is 0 Å². The SMILES string of the molecule is C[C@](O)(CNCc1cccnc1)COc1cccc(-c2noc3ccsc23)c1. The molecule has 0 amide bonds. The van der Waals surface area contributed by atoms with E-state index < -0.39 is 5.60 Å². The number of aromatic nitrogens is 2. The molecule has 1 aromatic carbocycles. The molecule has 4 rings (SSSR count). The molecule has 7 heteroatoms. The molecule has 3 aromatic heterocycles. The number of hydrogen-bond acceptors (Lipinski definition) is 7. The number of fused-ring (bicyclic) bond motifs is 1. The van der Waals surface area contributed by atoms with Gasteiger partial charge in [-0.2, -0.15) is 0 Å². The zero-order chi connectivity index (χ0) is 19.4. The summed E-state index contributed by atoms with van der Waals surface area (Å²) in [6.07, 6.45) is 3.54. The molecule has 0 unspecified atom stereocenters. The third-order valence-corrected chi connectivity index (χ3v) is 5.20. The van der Waals surface area contributed by atoms with Gasteiger partial charge in [0.05, 0.1) is 0 Å². The van der Waals surface area contributed by atoms with Crippen LogP contribution in [0, 0.1) is 0 Å². The Morgan fingerprint density at radius 2 is 2.18 bits per heavy atom. The van der Waals surface area contributed by atoms with Gasteiger partial charge in [0.2, 0.25) is 0 Å². The second-order valence-corrected chi connectivity index (χ2v) is 7.84. The molecule has 2 N–H and O–H groups in total. The van der Waals surface area contributed by atoms with Crippen LogP contribution in [0.5, 0.6) is 5.75 Å². The van der Waals surface area contributed by atoms with Crippen LogP contribution in [0.2, 0.25) is 0 Å². The van der Waals surface area contributed by atoms with Crippen molar-refractivity contribution in [2.24, 2.45) is 0 Å². The predicted molar refractivity (Wildman–Crippen MR) is 109 cm³/mol. The number of benzene rings is 1. The number of nitrogens with one attached hydrogen (secondary N) is 1. The van der Waals surface area contributed by atoms with Gasteiger partial charge < -0.3 is 19.7 Å². The molecule has 28 heavy (non-hydrogen) atoms. The molecule has 0 radical (unpaired) electrons. The third kappa shape index (κ3) is 4.39. The Morgan fingerprint density at radius 3 is 3.04 bits per heavy atom. The summed E-state index contributed by atoms with van der Waals surface area (Å²) in [6, 6.07) is 13.5. The van der Waals surface area contributed by atoms with Gasteiger partial charge in [0, 0.05) is 31.0 Å². The largest absolute Gasteiger partial charge is 0.491 e. The van der Waals surface area contributed by atoms with Gasteiger partial charge in [-0.05, 0) is 42.1 Å². The summed E-state index contributed by atoms with van der Waals surface area (Å²) in [7, 11) is 0. The van der Waals surface area contributed by atoms with Crippen molar-refractivity contribution in [1.82, 2.24) is 15.5 Å². The molecular weight excluding hydrogens is 374 g/mol. The molecule has 0 bridgehead atoms. The minimum absolute atomic E-state index is 0.170. The molecule has 0 fully saturated rings. The number of hydrogen-bond donors (Lipinski definition) is 2. The molecule has 0 aliphatic rings. The lowest BCUT2D eigenvalue weighted by atomic mass is 10.1. The maximum Gasteiger partial charge on any atom is 0.178 e. The maximum absolute atomic E-state index is 10.6. The van der Waals surface area contributed by atoms with Crippen LogP contribution in [0.25, 0.3) is 21.5 Å². The van der Waals surface area contributed by atoms with Crippen LogP contribution >= 0.6 is 11.3 Å². The Kier molecular flexibility index (Phi) is 5.38. The van der Waals surface area contributed by atoms with Crippen LogP contribution in [-0.4, -0.2) is 34.0 Å². The zero-order valence-electron chi connectivity index (χ0n) is 15.5. The Morgan fingerprint density at radius 1 is 1.25 bits per heavy atom. The highest BCUT2D eigenvalue weighted by atomic mass is 32.1. The first-order valence-corrected chi connectivity index (χ1v) is 9.87. The number of thiophene rings is 1. The molecule has 0 aliphatic carbocycles. The summed E-state index contributed by atoms with van der Waals surface area (Å²) >= 11 is 1.60. The molecular formula is C21H21N3O3S. The first-order valence-electron chi connectivity index (χ1n) is 8.99. The molecule has 6 nitrogen and oxygen atoms in total. The molecule has 144 valence electrons. The minimum Gasteiger partial charge on any atom is -0.491 e. The van der Waals surface area contributed by atoms with E-state index in [9.17, 15) is 5.11 Å². The second-order valence-electron chi connectivity index (χ2n) is 6.92. The predicted octanol–water partition coefficient (Wildman–Crippen LogP) is 3.87. The number of ether oxygens (including phenoxy) is 1. The standard InChI is InChI=1S/C21H21N3O3S/c1-21(25,13-23-12-15-4-3-8-22-11-15)14-26-17-6-2-5-16(10-17)19-20-18(27-24-19)7-9-28-20/h2-11,23,25H,12-14H2,1H3/t21-/m0/s1. The molecule has 3 heterocycles. The van der Waals surface area contributed by atoms with Gasteiger partial charge in [0.1, 0.15) is 28.4 Å². The normalized spacial score (nSPS) is 13.5. The number of rotatable bonds is 8. The Labute approximate surface area is 166 Å². The monoisotopic (exact) mass is 395 g/mol. The van der Waals surface area contributed by atoms with Crippen LogP contribution in [-0.2, 0) is 6.54 Å². The first kappa shape index (κ1) is 18.6. The minimum atomic E-state index is -1.01. The van der Waals surface area contributed by atoms with E-state index in [0.29, 0.717) is 18.8 Å². The number of pyridine rings is 1. The Hall–Kier alpha value is -2.74. The van der Waals surface area contributed by atoms with E-state index in [4.69, 9.17) is 9.26 Å². The van der Waals surface area contributed by atoms with Crippen molar-refractivity contribution in [3.63, 3.8) is 0 Å². The van der Waals surface area contributed by atoms with Gasteiger partial charge in [-0.15, -0.1) is 11.3 Å². The van der Waals surface area contributed by atoms with Crippen molar-refractivity contribution in [3.8, 4) is 17.0 Å². The van der Waals surface area contributed by atoms with Gasteiger partial charge >= 0.3 is 0 Å². The highest BCUT2D eigenvalue weighted by Crippen LogP contribution is 2.33. The van der Waals surface area contributed by atoms with E-state index in [1.54, 1.807) is 30.7 Å². The summed E-state index contributed by atoms with van der Waals surface area (Å²) in [5, 5.41) is 20.0. The fraction of sp³-hybridized carbons (Fsp3) is 0.238. The van der Waals surface area contributed by atoms with Crippen LogP contribution < -0.4 is 10.1 Å². The summed E-state index contributed by atoms with van der Waals surface area (Å²) in [6.45, 7) is 2.97. The average molecular weight is 395 g/mol. The van der Waals surface area contributed by atoms with E-state index in [1.165, 1.54) is 0 Å². The highest BCUT2D eigenvalue weighted by Gasteiger charge is 2.21. The topological polar surface area (TPSA) is 80.4 Å². The summed E-state index contributed by atoms with van der Waals surface area (Å²) in [5.41, 5.74) is 2.58. The van der Waals surface area contributed by atoms with Gasteiger partial charge in [-0.25, -0.2) is 0 Å². The number of nitrogens with zero attached hydrogens (tertiary/aromatic N) is 2. The lowest BCUT2D eigenvalue weighted by molar-refractivity contribution is 0.0120. The third-order valence-electron chi connectivity index (χ3n) is 4.29. The van der Waals surface area contributed by atoms with Crippen LogP contribution in [0.1, 0.15) is 12.5 Å². The van der Waals surface area contributed by atoms with Crippen molar-refractivity contribution in [2.45, 2.75) is 19.1 Å². The molecule has 0 saturated heterocycles. The first-order chi connectivity index (χ1) is 13.6. The van der Waals surface area contributed by atoms with Gasteiger partial charge in [-0.1, -0.05) is 23.4 Å². The van der Waals surface area contributed by atoms with Crippen LogP contribution in [0.4, 0.5) is 0 Å². The van der Waals surface area contributed by atoms with E-state index in [2.05, 4.69) is 15.5 Å². The second kappa shape index (κ2) is 8.10. The quantitative estimate of drug-likeness (QED) is 0.471. The van der Waals surface area contributed by atoms with Crippen molar-refractivity contribution in [3.05, 3.63) is 65.8 Å². The lowest BCUT2D eigenvalue weighted by Gasteiger charge is -2.24. The van der Waals surface area contributed by atoms with E-state index in [-0.39, 0.29) is 6.61 Å². The fourth-order valence-corrected chi connectivity index (χ4v) is 3.68. The van der Waals surface area contributed by atoms with E-state index in [1.807, 2.05) is 47.8 Å². The lowest BCUT2D eigenvalue weighted by Crippen LogP contribution is -2.42.